The summed E-state index contributed by atoms with van der Waals surface area (Å²) in [7, 11) is 0. The number of hydrogen-bond donors (Lipinski definition) is 1. The van der Waals surface area contributed by atoms with Gasteiger partial charge in [-0.3, -0.25) is 0 Å². The van der Waals surface area contributed by atoms with E-state index in [9.17, 15) is 0 Å². The van der Waals surface area contributed by atoms with Gasteiger partial charge < -0.3 is 14.8 Å². The predicted octanol–water partition coefficient (Wildman–Crippen LogP) is 4.31. The zero-order valence-corrected chi connectivity index (χ0v) is 13.5. The predicted molar refractivity (Wildman–Crippen MR) is 85.4 cm³/mol. The highest BCUT2D eigenvalue weighted by molar-refractivity contribution is 6.32. The second-order valence-electron chi connectivity index (χ2n) is 6.43. The number of benzene rings is 1. The van der Waals surface area contributed by atoms with Gasteiger partial charge >= 0.3 is 0 Å². The van der Waals surface area contributed by atoms with Crippen molar-refractivity contribution in [3.8, 4) is 11.5 Å². The van der Waals surface area contributed by atoms with Gasteiger partial charge in [0.15, 0.2) is 11.5 Å². The van der Waals surface area contributed by atoms with E-state index in [0.29, 0.717) is 24.0 Å². The summed E-state index contributed by atoms with van der Waals surface area (Å²) in [5.41, 5.74) is 1.42. The van der Waals surface area contributed by atoms with Crippen molar-refractivity contribution in [2.24, 2.45) is 0 Å². The topological polar surface area (TPSA) is 30.5 Å². The standard InChI is InChI=1S/C17H24ClNO2/c1-17(6-3-2-4-7-17)19-12-13-10-14(18)16-15(11-13)20-8-5-9-21-16/h10-11,19H,2-9,12H2,1H3. The third-order valence-electron chi connectivity index (χ3n) is 4.54. The number of hydrogen-bond acceptors (Lipinski definition) is 3. The third kappa shape index (κ3) is 3.64. The summed E-state index contributed by atoms with van der Waals surface area (Å²) in [5.74, 6) is 1.48. The van der Waals surface area contributed by atoms with Crippen LogP contribution in [-0.4, -0.2) is 18.8 Å². The molecular formula is C17H24ClNO2. The summed E-state index contributed by atoms with van der Waals surface area (Å²) in [6.07, 6.45) is 7.43. The fourth-order valence-corrected chi connectivity index (χ4v) is 3.50. The van der Waals surface area contributed by atoms with E-state index < -0.39 is 0 Å². The van der Waals surface area contributed by atoms with Crippen LogP contribution in [0.1, 0.15) is 51.0 Å². The van der Waals surface area contributed by atoms with Crippen LogP contribution in [0.4, 0.5) is 0 Å². The third-order valence-corrected chi connectivity index (χ3v) is 4.82. The molecule has 1 aliphatic carbocycles. The van der Waals surface area contributed by atoms with Crippen LogP contribution in [0.15, 0.2) is 12.1 Å². The zero-order valence-electron chi connectivity index (χ0n) is 12.7. The molecule has 1 saturated carbocycles. The summed E-state index contributed by atoms with van der Waals surface area (Å²) in [4.78, 5) is 0. The monoisotopic (exact) mass is 309 g/mol. The van der Waals surface area contributed by atoms with Crippen molar-refractivity contribution >= 4 is 11.6 Å². The van der Waals surface area contributed by atoms with Crippen LogP contribution < -0.4 is 14.8 Å². The first-order valence-electron chi connectivity index (χ1n) is 7.99. The van der Waals surface area contributed by atoms with Gasteiger partial charge in [-0.1, -0.05) is 30.9 Å². The molecule has 0 aromatic heterocycles. The molecule has 1 aromatic rings. The average Bonchev–Trinajstić information content (AvgIpc) is 2.72. The van der Waals surface area contributed by atoms with E-state index in [1.807, 2.05) is 6.07 Å². The Balaban J connectivity index is 1.71. The van der Waals surface area contributed by atoms with Crippen LogP contribution in [-0.2, 0) is 6.54 Å². The van der Waals surface area contributed by atoms with Gasteiger partial charge in [0.1, 0.15) is 0 Å². The maximum atomic E-state index is 6.34. The summed E-state index contributed by atoms with van der Waals surface area (Å²) < 4.78 is 11.4. The summed E-state index contributed by atoms with van der Waals surface area (Å²) >= 11 is 6.34. The number of fused-ring (bicyclic) bond motifs is 1. The smallest absolute Gasteiger partial charge is 0.179 e. The Morgan fingerprint density at radius 3 is 2.67 bits per heavy atom. The Kier molecular flexibility index (Phi) is 4.60. The first-order chi connectivity index (χ1) is 10.2. The SMILES string of the molecule is CC1(NCc2cc(Cl)c3c(c2)OCCCO3)CCCCC1. The summed E-state index contributed by atoms with van der Waals surface area (Å²) in [6, 6.07) is 4.06. The average molecular weight is 310 g/mol. The Morgan fingerprint density at radius 1 is 1.10 bits per heavy atom. The van der Waals surface area contributed by atoms with Gasteiger partial charge in [-0.15, -0.1) is 0 Å². The van der Waals surface area contributed by atoms with E-state index in [-0.39, 0.29) is 5.54 Å². The van der Waals surface area contributed by atoms with E-state index in [2.05, 4.69) is 18.3 Å². The fourth-order valence-electron chi connectivity index (χ4n) is 3.21. The van der Waals surface area contributed by atoms with Crippen molar-refractivity contribution in [2.45, 2.75) is 57.5 Å². The zero-order chi connectivity index (χ0) is 14.7. The highest BCUT2D eigenvalue weighted by atomic mass is 35.5. The molecule has 116 valence electrons. The normalized spacial score (nSPS) is 20.9. The molecule has 0 spiro atoms. The second-order valence-corrected chi connectivity index (χ2v) is 6.84. The van der Waals surface area contributed by atoms with Gasteiger partial charge in [0.25, 0.3) is 0 Å². The minimum absolute atomic E-state index is 0.259. The first kappa shape index (κ1) is 15.0. The summed E-state index contributed by atoms with van der Waals surface area (Å²) in [6.45, 7) is 4.52. The van der Waals surface area contributed by atoms with Crippen molar-refractivity contribution in [1.29, 1.82) is 0 Å². The van der Waals surface area contributed by atoms with Gasteiger partial charge in [-0.05, 0) is 37.5 Å². The van der Waals surface area contributed by atoms with Gasteiger partial charge in [0.2, 0.25) is 0 Å². The Labute approximate surface area is 132 Å². The maximum Gasteiger partial charge on any atom is 0.179 e. The number of ether oxygens (including phenoxy) is 2. The van der Waals surface area contributed by atoms with E-state index in [0.717, 1.165) is 24.3 Å². The molecule has 1 fully saturated rings. The number of halogens is 1. The van der Waals surface area contributed by atoms with E-state index in [4.69, 9.17) is 21.1 Å². The van der Waals surface area contributed by atoms with Crippen LogP contribution in [0.2, 0.25) is 5.02 Å². The van der Waals surface area contributed by atoms with Gasteiger partial charge in [0, 0.05) is 18.5 Å². The minimum Gasteiger partial charge on any atom is -0.489 e. The maximum absolute atomic E-state index is 6.34. The lowest BCUT2D eigenvalue weighted by molar-refractivity contribution is 0.252. The van der Waals surface area contributed by atoms with Crippen LogP contribution in [0.3, 0.4) is 0 Å². The molecule has 3 nitrogen and oxygen atoms in total. The van der Waals surface area contributed by atoms with E-state index >= 15 is 0 Å². The van der Waals surface area contributed by atoms with E-state index in [1.54, 1.807) is 0 Å². The number of rotatable bonds is 3. The Bertz CT molecular complexity index is 498. The molecule has 1 aliphatic heterocycles. The molecule has 3 rings (SSSR count). The largest absolute Gasteiger partial charge is 0.489 e. The highest BCUT2D eigenvalue weighted by Crippen LogP contribution is 2.38. The molecule has 4 heteroatoms. The second kappa shape index (κ2) is 6.45. The van der Waals surface area contributed by atoms with Gasteiger partial charge in [0.05, 0.1) is 18.2 Å². The molecule has 1 heterocycles. The van der Waals surface area contributed by atoms with Crippen molar-refractivity contribution < 1.29 is 9.47 Å². The molecule has 1 aromatic carbocycles. The van der Waals surface area contributed by atoms with Crippen LogP contribution in [0, 0.1) is 0 Å². The van der Waals surface area contributed by atoms with Crippen LogP contribution >= 0.6 is 11.6 Å². The van der Waals surface area contributed by atoms with Gasteiger partial charge in [-0.25, -0.2) is 0 Å². The summed E-state index contributed by atoms with van der Waals surface area (Å²) in [5, 5.41) is 4.36. The van der Waals surface area contributed by atoms with Crippen LogP contribution in [0.25, 0.3) is 0 Å². The van der Waals surface area contributed by atoms with Crippen molar-refractivity contribution in [3.63, 3.8) is 0 Å². The van der Waals surface area contributed by atoms with Gasteiger partial charge in [-0.2, -0.15) is 0 Å². The lowest BCUT2D eigenvalue weighted by Gasteiger charge is -2.35. The van der Waals surface area contributed by atoms with Crippen LogP contribution in [0.5, 0.6) is 11.5 Å². The lowest BCUT2D eigenvalue weighted by Crippen LogP contribution is -2.43. The van der Waals surface area contributed by atoms with Crippen molar-refractivity contribution in [3.05, 3.63) is 22.7 Å². The molecule has 0 amide bonds. The molecule has 21 heavy (non-hydrogen) atoms. The molecule has 0 saturated heterocycles. The fraction of sp³-hybridized carbons (Fsp3) is 0.647. The quantitative estimate of drug-likeness (QED) is 0.902. The number of nitrogens with one attached hydrogen (secondary N) is 1. The first-order valence-corrected chi connectivity index (χ1v) is 8.37. The molecular weight excluding hydrogens is 286 g/mol. The molecule has 0 atom stereocenters. The molecule has 1 N–H and O–H groups in total. The molecule has 0 bridgehead atoms. The Hall–Kier alpha value is -0.930. The molecule has 2 aliphatic rings. The van der Waals surface area contributed by atoms with Crippen molar-refractivity contribution in [2.75, 3.05) is 13.2 Å². The minimum atomic E-state index is 0.259. The lowest BCUT2D eigenvalue weighted by atomic mass is 9.83. The molecule has 0 unspecified atom stereocenters. The highest BCUT2D eigenvalue weighted by Gasteiger charge is 2.26. The van der Waals surface area contributed by atoms with Crippen molar-refractivity contribution in [1.82, 2.24) is 5.32 Å². The molecule has 0 radical (unpaired) electrons. The van der Waals surface area contributed by atoms with E-state index in [1.165, 1.54) is 32.1 Å². The Morgan fingerprint density at radius 2 is 1.86 bits per heavy atom.